The van der Waals surface area contributed by atoms with Crippen molar-refractivity contribution in [3.05, 3.63) is 64.2 Å². The summed E-state index contributed by atoms with van der Waals surface area (Å²) in [4.78, 5) is 6.29. The third-order valence-electron chi connectivity index (χ3n) is 4.39. The van der Waals surface area contributed by atoms with Crippen molar-refractivity contribution in [1.29, 1.82) is 0 Å². The quantitative estimate of drug-likeness (QED) is 0.778. The maximum absolute atomic E-state index is 4.81. The van der Waals surface area contributed by atoms with E-state index in [4.69, 9.17) is 4.98 Å². The molecular formula is C19H23N2S+. The van der Waals surface area contributed by atoms with Gasteiger partial charge >= 0.3 is 0 Å². The first kappa shape index (κ1) is 15.2. The first-order valence-corrected chi connectivity index (χ1v) is 8.60. The lowest BCUT2D eigenvalue weighted by Gasteiger charge is -2.21. The minimum atomic E-state index is 0.400. The molecule has 0 fully saturated rings. The number of nitrogens with zero attached hydrogens (tertiary/aromatic N) is 1. The molecule has 3 rings (SSSR count). The van der Waals surface area contributed by atoms with E-state index in [0.29, 0.717) is 6.04 Å². The van der Waals surface area contributed by atoms with Crippen LogP contribution in [0.3, 0.4) is 0 Å². The van der Waals surface area contributed by atoms with Crippen LogP contribution in [0.5, 0.6) is 0 Å². The molecule has 3 heteroatoms. The molecule has 3 aromatic rings. The van der Waals surface area contributed by atoms with Gasteiger partial charge in [-0.15, -0.1) is 11.3 Å². The number of hydrogen-bond acceptors (Lipinski definition) is 2. The molecule has 0 aliphatic heterocycles. The molecule has 1 heterocycles. The van der Waals surface area contributed by atoms with Crippen LogP contribution in [0.1, 0.15) is 34.7 Å². The number of benzene rings is 2. The second-order valence-corrected chi connectivity index (χ2v) is 7.26. The Balaban J connectivity index is 1.81. The average Bonchev–Trinajstić information content (AvgIpc) is 2.94. The highest BCUT2D eigenvalue weighted by Crippen LogP contribution is 2.25. The first-order valence-electron chi connectivity index (χ1n) is 7.78. The second-order valence-electron chi connectivity index (χ2n) is 6.19. The molecule has 0 aliphatic carbocycles. The van der Waals surface area contributed by atoms with Crippen LogP contribution in [-0.2, 0) is 6.54 Å². The monoisotopic (exact) mass is 311 g/mol. The van der Waals surface area contributed by atoms with Gasteiger partial charge < -0.3 is 4.90 Å². The molecule has 0 saturated heterocycles. The molecule has 0 bridgehead atoms. The van der Waals surface area contributed by atoms with Gasteiger partial charge in [-0.05, 0) is 38.5 Å². The number of aryl methyl sites for hydroxylation is 2. The van der Waals surface area contributed by atoms with Gasteiger partial charge in [-0.3, -0.25) is 0 Å². The van der Waals surface area contributed by atoms with Gasteiger partial charge in [-0.25, -0.2) is 4.98 Å². The number of rotatable bonds is 4. The van der Waals surface area contributed by atoms with Gasteiger partial charge in [0.1, 0.15) is 12.6 Å². The van der Waals surface area contributed by atoms with Crippen LogP contribution in [0.2, 0.25) is 0 Å². The molecule has 114 valence electrons. The van der Waals surface area contributed by atoms with Crippen LogP contribution in [0.4, 0.5) is 0 Å². The van der Waals surface area contributed by atoms with E-state index in [1.165, 1.54) is 31.3 Å². The molecule has 2 aromatic carbocycles. The third kappa shape index (κ3) is 3.06. The molecule has 2 nitrogen and oxygen atoms in total. The molecule has 0 saturated carbocycles. The van der Waals surface area contributed by atoms with E-state index in [-0.39, 0.29) is 0 Å². The number of quaternary nitrogens is 1. The Kier molecular flexibility index (Phi) is 4.27. The van der Waals surface area contributed by atoms with Crippen LogP contribution in [-0.4, -0.2) is 12.0 Å². The molecule has 2 atom stereocenters. The fourth-order valence-corrected chi connectivity index (χ4v) is 3.84. The van der Waals surface area contributed by atoms with Crippen LogP contribution in [0.15, 0.2) is 42.5 Å². The zero-order valence-electron chi connectivity index (χ0n) is 13.7. The maximum atomic E-state index is 4.81. The van der Waals surface area contributed by atoms with Gasteiger partial charge in [-0.2, -0.15) is 0 Å². The lowest BCUT2D eigenvalue weighted by molar-refractivity contribution is -0.923. The maximum Gasteiger partial charge on any atom is 0.151 e. The fraction of sp³-hybridized carbons (Fsp3) is 0.316. The van der Waals surface area contributed by atoms with Crippen LogP contribution in [0, 0.1) is 13.8 Å². The Morgan fingerprint density at radius 1 is 1.14 bits per heavy atom. The summed E-state index contributed by atoms with van der Waals surface area (Å²) in [5, 5.41) is 1.23. The van der Waals surface area contributed by atoms with Gasteiger partial charge in [-0.1, -0.05) is 35.9 Å². The zero-order valence-corrected chi connectivity index (χ0v) is 14.5. The van der Waals surface area contributed by atoms with E-state index >= 15 is 0 Å². The van der Waals surface area contributed by atoms with Crippen LogP contribution >= 0.6 is 11.3 Å². The van der Waals surface area contributed by atoms with Gasteiger partial charge in [0.25, 0.3) is 0 Å². The summed E-state index contributed by atoms with van der Waals surface area (Å²) in [6.07, 6.45) is 0. The molecular weight excluding hydrogens is 288 g/mol. The highest BCUT2D eigenvalue weighted by atomic mass is 32.1. The van der Waals surface area contributed by atoms with E-state index in [1.54, 1.807) is 0 Å². The number of hydrogen-bond donors (Lipinski definition) is 1. The summed E-state index contributed by atoms with van der Waals surface area (Å²) in [6, 6.07) is 15.5. The van der Waals surface area contributed by atoms with Crippen LogP contribution in [0.25, 0.3) is 10.2 Å². The summed E-state index contributed by atoms with van der Waals surface area (Å²) in [5.74, 6) is 0. The SMILES string of the molecule is Cc1ccc(C)c(C[NH+](C)[C@H](C)c2nc3ccccc3s2)c1. The van der Waals surface area contributed by atoms with Gasteiger partial charge in [0.05, 0.1) is 17.3 Å². The standard InChI is InChI=1S/C19H22N2S/c1-13-9-10-14(2)16(11-13)12-21(4)15(3)19-20-17-7-5-6-8-18(17)22-19/h5-11,15H,12H2,1-4H3/p+1/t15-/m1/s1. The third-order valence-corrected chi connectivity index (χ3v) is 5.61. The van der Waals surface area contributed by atoms with E-state index in [9.17, 15) is 0 Å². The Hall–Kier alpha value is -1.71. The van der Waals surface area contributed by atoms with Crippen molar-refractivity contribution < 1.29 is 4.90 Å². The van der Waals surface area contributed by atoms with Crippen molar-refractivity contribution in [1.82, 2.24) is 4.98 Å². The lowest BCUT2D eigenvalue weighted by Crippen LogP contribution is -3.07. The molecule has 0 amide bonds. The largest absolute Gasteiger partial charge is 0.326 e. The number of aromatic nitrogens is 1. The average molecular weight is 311 g/mol. The van der Waals surface area contributed by atoms with Crippen LogP contribution < -0.4 is 4.90 Å². The van der Waals surface area contributed by atoms with E-state index < -0.39 is 0 Å². The topological polar surface area (TPSA) is 17.3 Å². The van der Waals surface area contributed by atoms with Crippen molar-refractivity contribution in [2.24, 2.45) is 0 Å². The number of nitrogens with one attached hydrogen (secondary N) is 1. The summed E-state index contributed by atoms with van der Waals surface area (Å²) in [6.45, 7) is 7.67. The van der Waals surface area contributed by atoms with Crippen molar-refractivity contribution >= 4 is 21.6 Å². The molecule has 22 heavy (non-hydrogen) atoms. The minimum Gasteiger partial charge on any atom is -0.326 e. The van der Waals surface area contributed by atoms with E-state index in [0.717, 1.165) is 12.1 Å². The van der Waals surface area contributed by atoms with Gasteiger partial charge in [0.2, 0.25) is 0 Å². The smallest absolute Gasteiger partial charge is 0.151 e. The predicted molar refractivity (Wildman–Crippen MR) is 94.5 cm³/mol. The molecule has 1 aromatic heterocycles. The second kappa shape index (κ2) is 6.19. The summed E-state index contributed by atoms with van der Waals surface area (Å²) >= 11 is 1.82. The van der Waals surface area contributed by atoms with Crippen molar-refractivity contribution in [2.75, 3.05) is 7.05 Å². The van der Waals surface area contributed by atoms with Crippen molar-refractivity contribution in [2.45, 2.75) is 33.4 Å². The Morgan fingerprint density at radius 3 is 2.68 bits per heavy atom. The first-order chi connectivity index (χ1) is 10.5. The van der Waals surface area contributed by atoms with E-state index in [2.05, 4.69) is 70.3 Å². The molecule has 1 N–H and O–H groups in total. The summed E-state index contributed by atoms with van der Waals surface area (Å²) < 4.78 is 1.28. The van der Waals surface area contributed by atoms with Gasteiger partial charge in [0.15, 0.2) is 5.01 Å². The Labute approximate surface area is 136 Å². The zero-order chi connectivity index (χ0) is 15.7. The highest BCUT2D eigenvalue weighted by molar-refractivity contribution is 7.18. The Bertz CT molecular complexity index is 758. The number of para-hydroxylation sites is 1. The normalized spacial score (nSPS) is 14.2. The summed E-state index contributed by atoms with van der Waals surface area (Å²) in [7, 11) is 2.26. The molecule has 0 spiro atoms. The molecule has 1 unspecified atom stereocenters. The minimum absolute atomic E-state index is 0.400. The Morgan fingerprint density at radius 2 is 1.91 bits per heavy atom. The predicted octanol–water partition coefficient (Wildman–Crippen LogP) is 3.69. The summed E-state index contributed by atoms with van der Waals surface area (Å²) in [5.41, 5.74) is 5.27. The number of thiazole rings is 1. The van der Waals surface area contributed by atoms with E-state index in [1.807, 2.05) is 11.3 Å². The fourth-order valence-electron chi connectivity index (χ4n) is 2.73. The molecule has 0 aliphatic rings. The molecule has 0 radical (unpaired) electrons. The van der Waals surface area contributed by atoms with Crippen molar-refractivity contribution in [3.63, 3.8) is 0 Å². The highest BCUT2D eigenvalue weighted by Gasteiger charge is 2.20. The van der Waals surface area contributed by atoms with Crippen molar-refractivity contribution in [3.8, 4) is 0 Å². The van der Waals surface area contributed by atoms with Gasteiger partial charge in [0, 0.05) is 5.56 Å². The lowest BCUT2D eigenvalue weighted by atomic mass is 10.0. The number of fused-ring (bicyclic) bond motifs is 1.